The molecule has 0 saturated heterocycles. The Kier molecular flexibility index (Phi) is 5.45. The molecule has 0 aliphatic carbocycles. The molecule has 5 nitrogen and oxygen atoms in total. The van der Waals surface area contributed by atoms with Gasteiger partial charge in [-0.1, -0.05) is 12.1 Å². The van der Waals surface area contributed by atoms with E-state index >= 15 is 0 Å². The van der Waals surface area contributed by atoms with Gasteiger partial charge in [0.2, 0.25) is 0 Å². The summed E-state index contributed by atoms with van der Waals surface area (Å²) in [6, 6.07) is 12.1. The first-order valence-corrected chi connectivity index (χ1v) is 8.64. The van der Waals surface area contributed by atoms with E-state index in [-0.39, 0.29) is 34.0 Å². The van der Waals surface area contributed by atoms with E-state index < -0.39 is 11.7 Å². The number of nitrogens with one attached hydrogen (secondary N) is 2. The molecule has 8 heteroatoms. The first-order valence-electron chi connectivity index (χ1n) is 8.64. The largest absolute Gasteiger partial charge is 0.417 e. The van der Waals surface area contributed by atoms with E-state index in [4.69, 9.17) is 5.41 Å². The van der Waals surface area contributed by atoms with Gasteiger partial charge in [0, 0.05) is 35.6 Å². The lowest BCUT2D eigenvalue weighted by Gasteiger charge is -2.17. The molecular weight excluding hydrogens is 381 g/mol. The molecule has 0 bridgehead atoms. The van der Waals surface area contributed by atoms with Crippen LogP contribution in [0, 0.1) is 12.3 Å². The van der Waals surface area contributed by atoms with Gasteiger partial charge >= 0.3 is 6.18 Å². The number of Topliss-reactive ketones (excluding diaryl/α,β-unsaturated/α-hetero) is 1. The molecule has 148 valence electrons. The van der Waals surface area contributed by atoms with Crippen molar-refractivity contribution < 1.29 is 18.0 Å². The molecule has 3 rings (SSSR count). The third-order valence-electron chi connectivity index (χ3n) is 4.19. The van der Waals surface area contributed by atoms with Crippen LogP contribution < -0.4 is 5.32 Å². The van der Waals surface area contributed by atoms with E-state index in [1.165, 1.54) is 25.1 Å². The van der Waals surface area contributed by atoms with E-state index in [2.05, 4.69) is 15.3 Å². The molecule has 0 unspecified atom stereocenters. The van der Waals surface area contributed by atoms with Gasteiger partial charge in [-0.25, -0.2) is 9.97 Å². The third-order valence-corrected chi connectivity index (χ3v) is 4.19. The number of carbonyl (C=O) groups excluding carboxylic acids is 1. The van der Waals surface area contributed by atoms with Crippen molar-refractivity contribution >= 4 is 23.5 Å². The van der Waals surface area contributed by atoms with Gasteiger partial charge in [-0.05, 0) is 43.3 Å². The number of rotatable bonds is 5. The smallest absolute Gasteiger partial charge is 0.340 e. The van der Waals surface area contributed by atoms with Crippen molar-refractivity contribution in [3.63, 3.8) is 0 Å². The monoisotopic (exact) mass is 398 g/mol. The Balaban J connectivity index is 2.21. The summed E-state index contributed by atoms with van der Waals surface area (Å²) < 4.78 is 41.1. The van der Waals surface area contributed by atoms with Gasteiger partial charge in [0.05, 0.1) is 11.3 Å². The zero-order valence-corrected chi connectivity index (χ0v) is 15.6. The number of hydrogen-bond acceptors (Lipinski definition) is 5. The molecule has 29 heavy (non-hydrogen) atoms. The number of ketones is 1. The highest BCUT2D eigenvalue weighted by Gasteiger charge is 2.35. The fourth-order valence-corrected chi connectivity index (χ4v) is 2.84. The number of hydrogen-bond donors (Lipinski definition) is 2. The minimum Gasteiger partial charge on any atom is -0.340 e. The fraction of sp³-hybridized carbons (Fsp3) is 0.143. The first-order chi connectivity index (χ1) is 13.7. The van der Waals surface area contributed by atoms with Crippen LogP contribution in [0.25, 0.3) is 11.3 Å². The Morgan fingerprint density at radius 3 is 2.45 bits per heavy atom. The van der Waals surface area contributed by atoms with E-state index in [9.17, 15) is 18.0 Å². The Morgan fingerprint density at radius 2 is 1.83 bits per heavy atom. The van der Waals surface area contributed by atoms with Crippen LogP contribution in [-0.2, 0) is 6.18 Å². The molecule has 0 radical (unpaired) electrons. The van der Waals surface area contributed by atoms with E-state index in [0.717, 1.165) is 6.07 Å². The third kappa shape index (κ3) is 4.48. The van der Waals surface area contributed by atoms with Gasteiger partial charge in [-0.3, -0.25) is 4.79 Å². The molecule has 1 aromatic carbocycles. The molecule has 0 aliphatic heterocycles. The SMILES string of the molecule is CC(=O)c1cccc(-c2cc(Nc3cccc(C)n3)c(C=N)c(C(F)(F)F)c2)n1. The van der Waals surface area contributed by atoms with Crippen molar-refractivity contribution in [1.29, 1.82) is 5.41 Å². The number of carbonyl (C=O) groups is 1. The number of aryl methyl sites for hydroxylation is 1. The lowest BCUT2D eigenvalue weighted by atomic mass is 9.99. The Morgan fingerprint density at radius 1 is 1.10 bits per heavy atom. The molecule has 0 spiro atoms. The van der Waals surface area contributed by atoms with Crippen LogP contribution in [0.15, 0.2) is 48.5 Å². The predicted molar refractivity (Wildman–Crippen MR) is 105 cm³/mol. The summed E-state index contributed by atoms with van der Waals surface area (Å²) in [4.78, 5) is 20.0. The van der Waals surface area contributed by atoms with E-state index in [0.29, 0.717) is 17.7 Å². The Bertz CT molecular complexity index is 1090. The fourth-order valence-electron chi connectivity index (χ4n) is 2.84. The molecular formula is C21H17F3N4O. The second-order valence-corrected chi connectivity index (χ2v) is 6.38. The van der Waals surface area contributed by atoms with Gasteiger partial charge in [0.15, 0.2) is 5.78 Å². The zero-order chi connectivity index (χ0) is 21.2. The number of pyridine rings is 2. The van der Waals surface area contributed by atoms with Crippen molar-refractivity contribution in [3.05, 3.63) is 71.0 Å². The average Bonchev–Trinajstić information content (AvgIpc) is 2.67. The summed E-state index contributed by atoms with van der Waals surface area (Å²) in [6.45, 7) is 3.10. The van der Waals surface area contributed by atoms with Gasteiger partial charge in [0.25, 0.3) is 0 Å². The number of aromatic nitrogens is 2. The summed E-state index contributed by atoms with van der Waals surface area (Å²) in [5.74, 6) is 0.0603. The zero-order valence-electron chi connectivity index (χ0n) is 15.6. The van der Waals surface area contributed by atoms with Crippen molar-refractivity contribution in [2.75, 3.05) is 5.32 Å². The maximum Gasteiger partial charge on any atom is 0.417 e. The lowest BCUT2D eigenvalue weighted by Crippen LogP contribution is -2.12. The lowest BCUT2D eigenvalue weighted by molar-refractivity contribution is -0.137. The summed E-state index contributed by atoms with van der Waals surface area (Å²) in [7, 11) is 0. The summed E-state index contributed by atoms with van der Waals surface area (Å²) in [5, 5.41) is 10.4. The van der Waals surface area contributed by atoms with Crippen LogP contribution in [0.5, 0.6) is 0 Å². The molecule has 2 heterocycles. The molecule has 0 atom stereocenters. The Labute approximate surface area is 165 Å². The van der Waals surface area contributed by atoms with Crippen molar-refractivity contribution in [2.24, 2.45) is 0 Å². The summed E-state index contributed by atoms with van der Waals surface area (Å²) in [6.07, 6.45) is -4.03. The second-order valence-electron chi connectivity index (χ2n) is 6.38. The molecule has 2 N–H and O–H groups in total. The predicted octanol–water partition coefficient (Wildman–Crippen LogP) is 5.41. The molecule has 3 aromatic rings. The second kappa shape index (κ2) is 7.83. The number of alkyl halides is 3. The highest BCUT2D eigenvalue weighted by molar-refractivity contribution is 5.94. The quantitative estimate of drug-likeness (QED) is 0.445. The van der Waals surface area contributed by atoms with Crippen LogP contribution in [0.2, 0.25) is 0 Å². The van der Waals surface area contributed by atoms with Crippen LogP contribution in [0.4, 0.5) is 24.7 Å². The number of nitrogens with zero attached hydrogens (tertiary/aromatic N) is 2. The van der Waals surface area contributed by atoms with Gasteiger partial charge < -0.3 is 10.7 Å². The first kappa shape index (κ1) is 20.2. The minimum atomic E-state index is -4.68. The van der Waals surface area contributed by atoms with Crippen molar-refractivity contribution in [2.45, 2.75) is 20.0 Å². The van der Waals surface area contributed by atoms with Crippen molar-refractivity contribution in [1.82, 2.24) is 9.97 Å². The molecule has 0 aliphatic rings. The van der Waals surface area contributed by atoms with Crippen LogP contribution in [0.3, 0.4) is 0 Å². The molecule has 0 amide bonds. The summed E-state index contributed by atoms with van der Waals surface area (Å²) >= 11 is 0. The average molecular weight is 398 g/mol. The topological polar surface area (TPSA) is 78.7 Å². The molecule has 0 saturated carbocycles. The van der Waals surface area contributed by atoms with Gasteiger partial charge in [-0.15, -0.1) is 0 Å². The number of anilines is 2. The van der Waals surface area contributed by atoms with E-state index in [1.54, 1.807) is 31.2 Å². The standard InChI is InChI=1S/C21H17F3N4O/c1-12-5-3-8-20(26-12)28-19-10-14(9-16(15(19)11-25)21(22,23)24)18-7-4-6-17(27-18)13(2)29/h3-11,25H,1-2H3,(H,26,28). The molecule has 2 aromatic heterocycles. The van der Waals surface area contributed by atoms with E-state index in [1.807, 2.05) is 0 Å². The summed E-state index contributed by atoms with van der Waals surface area (Å²) in [5.41, 5.74) is 0.0121. The highest BCUT2D eigenvalue weighted by Crippen LogP contribution is 2.38. The van der Waals surface area contributed by atoms with Crippen LogP contribution >= 0.6 is 0 Å². The van der Waals surface area contributed by atoms with Gasteiger partial charge in [-0.2, -0.15) is 13.2 Å². The highest BCUT2D eigenvalue weighted by atomic mass is 19.4. The number of halogens is 3. The normalized spacial score (nSPS) is 11.2. The van der Waals surface area contributed by atoms with Crippen LogP contribution in [0.1, 0.15) is 34.2 Å². The Hall–Kier alpha value is -3.55. The number of benzene rings is 1. The maximum atomic E-state index is 13.7. The van der Waals surface area contributed by atoms with Gasteiger partial charge in [0.1, 0.15) is 11.5 Å². The maximum absolute atomic E-state index is 13.7. The van der Waals surface area contributed by atoms with Crippen molar-refractivity contribution in [3.8, 4) is 11.3 Å². The minimum absolute atomic E-state index is 0.0675. The van der Waals surface area contributed by atoms with Crippen LogP contribution in [-0.4, -0.2) is 22.0 Å². The molecule has 0 fully saturated rings.